The zero-order chi connectivity index (χ0) is 27.3. The third kappa shape index (κ3) is 6.10. The van der Waals surface area contributed by atoms with E-state index in [4.69, 9.17) is 4.74 Å². The van der Waals surface area contributed by atoms with Gasteiger partial charge in [-0.05, 0) is 50.8 Å². The smallest absolute Gasteiger partial charge is 0.343 e. The van der Waals surface area contributed by atoms with Crippen molar-refractivity contribution >= 4 is 39.3 Å². The number of hydrogen-bond acceptors (Lipinski definition) is 10. The van der Waals surface area contributed by atoms with Crippen LogP contribution in [0.5, 0.6) is 0 Å². The molecule has 2 heterocycles. The fourth-order valence-electron chi connectivity index (χ4n) is 5.28. The van der Waals surface area contributed by atoms with Crippen LogP contribution in [0.1, 0.15) is 55.8 Å². The van der Waals surface area contributed by atoms with Crippen LogP contribution >= 0.6 is 11.8 Å². The van der Waals surface area contributed by atoms with Gasteiger partial charge >= 0.3 is 5.97 Å². The molecular formula is C25H33N5O6S2. The molecule has 1 saturated heterocycles. The highest BCUT2D eigenvalue weighted by Crippen LogP contribution is 2.34. The number of carbonyl (C=O) groups is 1. The number of nitrogens with zero attached hydrogens (tertiary/aromatic N) is 5. The van der Waals surface area contributed by atoms with E-state index in [1.807, 2.05) is 11.2 Å². The number of para-hydroxylation sites is 1. The van der Waals surface area contributed by atoms with E-state index < -0.39 is 26.6 Å². The Morgan fingerprint density at radius 3 is 2.63 bits per heavy atom. The molecule has 1 saturated carbocycles. The second-order valence-electron chi connectivity index (χ2n) is 9.50. The SMILES string of the molecule is CCOC(=O)c1cnc(SC)nc1N1CCCC1CN(CC1CCCC1)S(=O)(=O)c1ccccc1[N+](=O)[O-]. The van der Waals surface area contributed by atoms with Crippen LogP contribution in [-0.2, 0) is 14.8 Å². The van der Waals surface area contributed by atoms with E-state index in [2.05, 4.69) is 9.97 Å². The van der Waals surface area contributed by atoms with E-state index in [9.17, 15) is 23.3 Å². The minimum absolute atomic E-state index is 0.131. The highest BCUT2D eigenvalue weighted by Gasteiger charge is 2.38. The quantitative estimate of drug-likeness (QED) is 0.129. The van der Waals surface area contributed by atoms with Crippen molar-refractivity contribution in [3.63, 3.8) is 0 Å². The Kier molecular flexibility index (Phi) is 9.21. The van der Waals surface area contributed by atoms with Gasteiger partial charge in [0.05, 0.1) is 11.5 Å². The van der Waals surface area contributed by atoms with Gasteiger partial charge in [-0.25, -0.2) is 23.2 Å². The molecule has 0 amide bonds. The van der Waals surface area contributed by atoms with Gasteiger partial charge in [-0.1, -0.05) is 36.7 Å². The lowest BCUT2D eigenvalue weighted by Gasteiger charge is -2.33. The average molecular weight is 564 g/mol. The highest BCUT2D eigenvalue weighted by molar-refractivity contribution is 7.98. The summed E-state index contributed by atoms with van der Waals surface area (Å²) in [5.41, 5.74) is -0.197. The van der Waals surface area contributed by atoms with Crippen molar-refractivity contribution in [2.75, 3.05) is 37.4 Å². The Bertz CT molecular complexity index is 1270. The van der Waals surface area contributed by atoms with Crippen LogP contribution in [0.2, 0.25) is 0 Å². The Balaban J connectivity index is 1.70. The molecule has 2 aromatic rings. The van der Waals surface area contributed by atoms with Crippen molar-refractivity contribution in [1.82, 2.24) is 14.3 Å². The minimum Gasteiger partial charge on any atom is -0.462 e. The number of hydrogen-bond donors (Lipinski definition) is 0. The van der Waals surface area contributed by atoms with E-state index >= 15 is 0 Å². The van der Waals surface area contributed by atoms with E-state index in [0.717, 1.165) is 32.1 Å². The molecule has 11 nitrogen and oxygen atoms in total. The van der Waals surface area contributed by atoms with Crippen molar-refractivity contribution in [3.8, 4) is 0 Å². The fraction of sp³-hybridized carbons (Fsp3) is 0.560. The molecule has 2 fully saturated rings. The number of nitro groups is 1. The van der Waals surface area contributed by atoms with Crippen LogP contribution in [0.15, 0.2) is 40.5 Å². The van der Waals surface area contributed by atoms with Crippen molar-refractivity contribution in [2.24, 2.45) is 5.92 Å². The number of benzene rings is 1. The van der Waals surface area contributed by atoms with Crippen molar-refractivity contribution < 1.29 is 22.9 Å². The molecule has 1 aliphatic carbocycles. The molecule has 4 rings (SSSR count). The second kappa shape index (κ2) is 12.4. The number of aromatic nitrogens is 2. The van der Waals surface area contributed by atoms with Crippen LogP contribution in [0.3, 0.4) is 0 Å². The normalized spacial score (nSPS) is 18.3. The van der Waals surface area contributed by atoms with Gasteiger partial charge in [0.1, 0.15) is 11.4 Å². The predicted molar refractivity (Wildman–Crippen MR) is 144 cm³/mol. The molecule has 1 aromatic carbocycles. The standard InChI is InChI=1S/C25H33N5O6S2/c1-3-36-24(31)20-15-26-25(37-2)27-23(20)29-14-8-11-19(29)17-28(16-18-9-4-5-10-18)38(34,35)22-13-7-6-12-21(22)30(32)33/h6-7,12-13,15,18-19H,3-5,8-11,14,16-17H2,1-2H3. The Morgan fingerprint density at radius 1 is 1.21 bits per heavy atom. The van der Waals surface area contributed by atoms with Crippen LogP contribution in [0, 0.1) is 16.0 Å². The third-order valence-electron chi connectivity index (χ3n) is 7.10. The van der Waals surface area contributed by atoms with Gasteiger partial charge < -0.3 is 9.64 Å². The van der Waals surface area contributed by atoms with Crippen LogP contribution in [0.4, 0.5) is 11.5 Å². The number of nitro benzene ring substituents is 1. The van der Waals surface area contributed by atoms with E-state index in [1.165, 1.54) is 46.5 Å². The van der Waals surface area contributed by atoms with Gasteiger partial charge in [0.15, 0.2) is 10.1 Å². The molecule has 1 aliphatic heterocycles. The van der Waals surface area contributed by atoms with Gasteiger partial charge in [0.25, 0.3) is 5.69 Å². The number of carbonyl (C=O) groups excluding carboxylic acids is 1. The second-order valence-corrected chi connectivity index (χ2v) is 12.2. The molecule has 1 unspecified atom stereocenters. The minimum atomic E-state index is -4.17. The van der Waals surface area contributed by atoms with E-state index in [0.29, 0.717) is 30.5 Å². The maximum absolute atomic E-state index is 13.9. The van der Waals surface area contributed by atoms with Gasteiger partial charge in [-0.2, -0.15) is 4.31 Å². The maximum Gasteiger partial charge on any atom is 0.343 e. The summed E-state index contributed by atoms with van der Waals surface area (Å²) >= 11 is 1.35. The first-order chi connectivity index (χ1) is 18.3. The molecule has 0 spiro atoms. The number of rotatable bonds is 11. The lowest BCUT2D eigenvalue weighted by atomic mass is 10.1. The zero-order valence-corrected chi connectivity index (χ0v) is 23.2. The monoisotopic (exact) mass is 563 g/mol. The Labute approximate surface area is 227 Å². The lowest BCUT2D eigenvalue weighted by Crippen LogP contribution is -2.45. The Morgan fingerprint density at radius 2 is 1.95 bits per heavy atom. The molecule has 206 valence electrons. The molecule has 38 heavy (non-hydrogen) atoms. The summed E-state index contributed by atoms with van der Waals surface area (Å²) in [6, 6.07) is 5.22. The van der Waals surface area contributed by atoms with Crippen LogP contribution in [-0.4, -0.2) is 72.1 Å². The molecule has 1 aromatic heterocycles. The van der Waals surface area contributed by atoms with E-state index in [1.54, 1.807) is 6.92 Å². The summed E-state index contributed by atoms with van der Waals surface area (Å²) < 4.78 is 34.5. The molecule has 2 aliphatic rings. The first-order valence-corrected chi connectivity index (χ1v) is 15.5. The first-order valence-electron chi connectivity index (χ1n) is 12.8. The summed E-state index contributed by atoms with van der Waals surface area (Å²) in [5, 5.41) is 12.2. The molecule has 0 N–H and O–H groups in total. The third-order valence-corrected chi connectivity index (χ3v) is 9.55. The van der Waals surface area contributed by atoms with Gasteiger partial charge in [-0.15, -0.1) is 0 Å². The van der Waals surface area contributed by atoms with E-state index in [-0.39, 0.29) is 35.6 Å². The van der Waals surface area contributed by atoms with Crippen molar-refractivity contribution in [3.05, 3.63) is 46.1 Å². The molecule has 13 heteroatoms. The maximum atomic E-state index is 13.9. The predicted octanol–water partition coefficient (Wildman–Crippen LogP) is 4.13. The molecule has 0 radical (unpaired) electrons. The number of ether oxygens (including phenoxy) is 1. The van der Waals surface area contributed by atoms with Gasteiger partial charge in [0, 0.05) is 37.9 Å². The highest BCUT2D eigenvalue weighted by atomic mass is 32.2. The number of esters is 1. The van der Waals surface area contributed by atoms with Crippen LogP contribution in [0.25, 0.3) is 0 Å². The average Bonchev–Trinajstić information content (AvgIpc) is 3.60. The summed E-state index contributed by atoms with van der Waals surface area (Å²) in [5.74, 6) is 0.0880. The summed E-state index contributed by atoms with van der Waals surface area (Å²) in [7, 11) is -4.17. The molecule has 0 bridgehead atoms. The number of thioether (sulfide) groups is 1. The number of anilines is 1. The first kappa shape index (κ1) is 28.2. The summed E-state index contributed by atoms with van der Waals surface area (Å²) in [6.45, 7) is 2.94. The van der Waals surface area contributed by atoms with Gasteiger partial charge in [0.2, 0.25) is 10.0 Å². The Hall–Kier alpha value is -2.77. The van der Waals surface area contributed by atoms with Crippen molar-refractivity contribution in [2.45, 2.75) is 61.5 Å². The lowest BCUT2D eigenvalue weighted by molar-refractivity contribution is -0.387. The summed E-state index contributed by atoms with van der Waals surface area (Å²) in [6.07, 6.45) is 8.71. The topological polar surface area (TPSA) is 136 Å². The molecule has 1 atom stereocenters. The summed E-state index contributed by atoms with van der Waals surface area (Å²) in [4.78, 5) is 34.3. The van der Waals surface area contributed by atoms with Crippen molar-refractivity contribution in [1.29, 1.82) is 0 Å². The zero-order valence-electron chi connectivity index (χ0n) is 21.6. The van der Waals surface area contributed by atoms with Crippen LogP contribution < -0.4 is 4.90 Å². The largest absolute Gasteiger partial charge is 0.462 e. The fourth-order valence-corrected chi connectivity index (χ4v) is 7.33. The van der Waals surface area contributed by atoms with Gasteiger partial charge in [-0.3, -0.25) is 10.1 Å². The number of sulfonamides is 1. The molecular weight excluding hydrogens is 530 g/mol.